The SMILES string of the molecule is Nc1c(I)cc(I)c2cc(Cl)ccc12. The maximum absolute atomic E-state index is 5.98. The predicted octanol–water partition coefficient (Wildman–Crippen LogP) is 4.28. The number of nitrogen functional groups attached to an aromatic ring is 1. The molecule has 4 heteroatoms. The summed E-state index contributed by atoms with van der Waals surface area (Å²) in [6, 6.07) is 7.85. The van der Waals surface area contributed by atoms with Crippen LogP contribution in [-0.4, -0.2) is 0 Å². The van der Waals surface area contributed by atoms with Crippen LogP contribution in [0.5, 0.6) is 0 Å². The first kappa shape index (κ1) is 10.8. The van der Waals surface area contributed by atoms with Crippen LogP contribution in [0.2, 0.25) is 5.02 Å². The summed E-state index contributed by atoms with van der Waals surface area (Å²) in [7, 11) is 0. The summed E-state index contributed by atoms with van der Waals surface area (Å²) in [6.07, 6.45) is 0. The number of nitrogens with two attached hydrogens (primary N) is 1. The van der Waals surface area contributed by atoms with Gasteiger partial charge < -0.3 is 5.73 Å². The second-order valence-corrected chi connectivity index (χ2v) is 5.70. The van der Waals surface area contributed by atoms with E-state index in [1.807, 2.05) is 18.2 Å². The summed E-state index contributed by atoms with van der Waals surface area (Å²) < 4.78 is 2.26. The fraction of sp³-hybridized carbons (Fsp3) is 0. The third kappa shape index (κ3) is 1.81. The number of hydrogen-bond donors (Lipinski definition) is 1. The standard InChI is InChI=1S/C10H6ClI2N/c11-5-1-2-6-7(3-5)8(12)4-9(13)10(6)14/h1-4H,14H2. The first-order chi connectivity index (χ1) is 6.59. The lowest BCUT2D eigenvalue weighted by atomic mass is 10.1. The molecule has 2 aromatic carbocycles. The Hall–Kier alpha value is 0.250. The minimum absolute atomic E-state index is 0.746. The molecule has 2 aromatic rings. The van der Waals surface area contributed by atoms with Crippen molar-refractivity contribution >= 4 is 73.2 Å². The van der Waals surface area contributed by atoms with Crippen LogP contribution in [-0.2, 0) is 0 Å². The molecule has 0 atom stereocenters. The molecule has 0 fully saturated rings. The lowest BCUT2D eigenvalue weighted by Gasteiger charge is -2.07. The van der Waals surface area contributed by atoms with Gasteiger partial charge in [0, 0.05) is 17.5 Å². The van der Waals surface area contributed by atoms with Gasteiger partial charge >= 0.3 is 0 Å². The van der Waals surface area contributed by atoms with Crippen molar-refractivity contribution in [1.29, 1.82) is 0 Å². The van der Waals surface area contributed by atoms with Crippen LogP contribution in [0.1, 0.15) is 0 Å². The number of rotatable bonds is 0. The highest BCUT2D eigenvalue weighted by atomic mass is 127. The van der Waals surface area contributed by atoms with Crippen molar-refractivity contribution in [2.24, 2.45) is 0 Å². The monoisotopic (exact) mass is 429 g/mol. The minimum atomic E-state index is 0.746. The molecule has 0 unspecified atom stereocenters. The maximum atomic E-state index is 5.98. The van der Waals surface area contributed by atoms with E-state index in [9.17, 15) is 0 Å². The van der Waals surface area contributed by atoms with E-state index in [0.29, 0.717) is 0 Å². The lowest BCUT2D eigenvalue weighted by molar-refractivity contribution is 1.64. The van der Waals surface area contributed by atoms with Crippen molar-refractivity contribution in [1.82, 2.24) is 0 Å². The van der Waals surface area contributed by atoms with Crippen molar-refractivity contribution < 1.29 is 0 Å². The maximum Gasteiger partial charge on any atom is 0.0530 e. The van der Waals surface area contributed by atoms with Gasteiger partial charge in [0.25, 0.3) is 0 Å². The lowest BCUT2D eigenvalue weighted by Crippen LogP contribution is -1.92. The van der Waals surface area contributed by atoms with E-state index < -0.39 is 0 Å². The molecule has 0 saturated heterocycles. The Morgan fingerprint density at radius 1 is 1.00 bits per heavy atom. The quantitative estimate of drug-likeness (QED) is 0.491. The first-order valence-corrected chi connectivity index (χ1v) is 6.46. The second kappa shape index (κ2) is 4.02. The third-order valence-corrected chi connectivity index (χ3v) is 4.06. The molecule has 0 spiro atoms. The van der Waals surface area contributed by atoms with Crippen LogP contribution < -0.4 is 5.73 Å². The van der Waals surface area contributed by atoms with Gasteiger partial charge in [-0.2, -0.15) is 0 Å². The molecule has 0 aliphatic rings. The van der Waals surface area contributed by atoms with Gasteiger partial charge in [-0.05, 0) is 68.8 Å². The Bertz CT molecular complexity index is 511. The van der Waals surface area contributed by atoms with Crippen molar-refractivity contribution in [2.75, 3.05) is 5.73 Å². The minimum Gasteiger partial charge on any atom is -0.397 e. The molecule has 2 N–H and O–H groups in total. The largest absolute Gasteiger partial charge is 0.397 e. The van der Waals surface area contributed by atoms with Gasteiger partial charge in [0.1, 0.15) is 0 Å². The Kier molecular flexibility index (Phi) is 3.09. The highest BCUT2D eigenvalue weighted by molar-refractivity contribution is 14.1. The third-order valence-electron chi connectivity index (χ3n) is 2.04. The number of hydrogen-bond acceptors (Lipinski definition) is 1. The van der Waals surface area contributed by atoms with Crippen molar-refractivity contribution in [3.63, 3.8) is 0 Å². The Labute approximate surface area is 114 Å². The molecule has 0 aliphatic heterocycles. The van der Waals surface area contributed by atoms with Gasteiger partial charge in [-0.15, -0.1) is 0 Å². The van der Waals surface area contributed by atoms with Crippen molar-refractivity contribution in [3.8, 4) is 0 Å². The Morgan fingerprint density at radius 2 is 1.71 bits per heavy atom. The Morgan fingerprint density at radius 3 is 2.43 bits per heavy atom. The fourth-order valence-electron chi connectivity index (χ4n) is 1.34. The van der Waals surface area contributed by atoms with E-state index in [-0.39, 0.29) is 0 Å². The molecule has 0 radical (unpaired) electrons. The topological polar surface area (TPSA) is 26.0 Å². The molecule has 0 aromatic heterocycles. The molecule has 0 heterocycles. The fourth-order valence-corrected chi connectivity index (χ4v) is 3.47. The number of benzene rings is 2. The van der Waals surface area contributed by atoms with E-state index in [1.54, 1.807) is 0 Å². The van der Waals surface area contributed by atoms with Gasteiger partial charge in [-0.3, -0.25) is 0 Å². The molecule has 0 bridgehead atoms. The highest BCUT2D eigenvalue weighted by Crippen LogP contribution is 2.31. The van der Waals surface area contributed by atoms with Gasteiger partial charge in [0.15, 0.2) is 0 Å². The van der Waals surface area contributed by atoms with Gasteiger partial charge in [0.05, 0.1) is 5.69 Å². The van der Waals surface area contributed by atoms with Gasteiger partial charge in [0.2, 0.25) is 0 Å². The van der Waals surface area contributed by atoms with Crippen LogP contribution in [0.15, 0.2) is 24.3 Å². The molecule has 0 amide bonds. The summed E-state index contributed by atoms with van der Waals surface area (Å²) in [5, 5.41) is 2.94. The van der Waals surface area contributed by atoms with E-state index in [4.69, 9.17) is 17.3 Å². The summed E-state index contributed by atoms with van der Waals surface area (Å²) >= 11 is 10.5. The summed E-state index contributed by atoms with van der Waals surface area (Å²) in [5.41, 5.74) is 6.81. The zero-order valence-electron chi connectivity index (χ0n) is 7.02. The second-order valence-electron chi connectivity index (χ2n) is 2.94. The summed E-state index contributed by atoms with van der Waals surface area (Å²) in [5.74, 6) is 0. The average molecular weight is 429 g/mol. The van der Waals surface area contributed by atoms with E-state index in [0.717, 1.165) is 25.1 Å². The molecule has 14 heavy (non-hydrogen) atoms. The smallest absolute Gasteiger partial charge is 0.0530 e. The van der Waals surface area contributed by atoms with Crippen LogP contribution in [0.3, 0.4) is 0 Å². The normalized spacial score (nSPS) is 10.8. The summed E-state index contributed by atoms with van der Waals surface area (Å²) in [6.45, 7) is 0. The van der Waals surface area contributed by atoms with Crippen LogP contribution in [0.4, 0.5) is 5.69 Å². The Balaban J connectivity index is 2.94. The molecule has 72 valence electrons. The molecule has 2 rings (SSSR count). The van der Waals surface area contributed by atoms with Crippen LogP contribution in [0, 0.1) is 7.14 Å². The molecule has 1 nitrogen and oxygen atoms in total. The van der Waals surface area contributed by atoms with Gasteiger partial charge in [-0.25, -0.2) is 0 Å². The van der Waals surface area contributed by atoms with Crippen LogP contribution in [0.25, 0.3) is 10.8 Å². The van der Waals surface area contributed by atoms with Gasteiger partial charge in [-0.1, -0.05) is 17.7 Å². The predicted molar refractivity (Wildman–Crippen MR) is 78.8 cm³/mol. The molecular weight excluding hydrogens is 423 g/mol. The molecule has 0 aliphatic carbocycles. The van der Waals surface area contributed by atoms with E-state index in [1.165, 1.54) is 3.57 Å². The first-order valence-electron chi connectivity index (χ1n) is 3.92. The van der Waals surface area contributed by atoms with Crippen LogP contribution >= 0.6 is 56.8 Å². The average Bonchev–Trinajstić information content (AvgIpc) is 2.14. The molecule has 0 saturated carbocycles. The van der Waals surface area contributed by atoms with E-state index in [2.05, 4.69) is 51.2 Å². The molecular formula is C10H6ClI2N. The summed E-state index contributed by atoms with van der Waals surface area (Å²) in [4.78, 5) is 0. The number of fused-ring (bicyclic) bond motifs is 1. The van der Waals surface area contributed by atoms with Crippen molar-refractivity contribution in [3.05, 3.63) is 36.4 Å². The zero-order chi connectivity index (χ0) is 10.3. The van der Waals surface area contributed by atoms with E-state index >= 15 is 0 Å². The highest BCUT2D eigenvalue weighted by Gasteiger charge is 2.06. The number of halogens is 3. The van der Waals surface area contributed by atoms with Crippen molar-refractivity contribution in [2.45, 2.75) is 0 Å². The zero-order valence-corrected chi connectivity index (χ0v) is 12.1. The number of anilines is 1.